The molecule has 0 spiro atoms. The van der Waals surface area contributed by atoms with Crippen LogP contribution in [0.3, 0.4) is 0 Å². The fourth-order valence-electron chi connectivity index (χ4n) is 1.19. The van der Waals surface area contributed by atoms with Gasteiger partial charge in [-0.15, -0.1) is 0 Å². The van der Waals surface area contributed by atoms with E-state index in [1.807, 2.05) is 0 Å². The molecule has 0 fully saturated rings. The molecule has 14 heavy (non-hydrogen) atoms. The number of ether oxygens (including phenoxy) is 2. The van der Waals surface area contributed by atoms with Gasteiger partial charge in [-0.05, 0) is 6.92 Å². The highest BCUT2D eigenvalue weighted by molar-refractivity contribution is 5.41. The minimum absolute atomic E-state index is 0.112. The maximum absolute atomic E-state index is 12.5. The number of methoxy groups -OCH3 is 2. The highest BCUT2D eigenvalue weighted by Gasteiger charge is 2.18. The van der Waals surface area contributed by atoms with Crippen LogP contribution in [0.1, 0.15) is 17.7 Å². The summed E-state index contributed by atoms with van der Waals surface area (Å²) < 4.78 is 34.7. The Hall–Kier alpha value is -1.39. The molecular formula is C9H11F2NO2. The molecule has 0 N–H and O–H groups in total. The van der Waals surface area contributed by atoms with Crippen LogP contribution in [0.25, 0.3) is 0 Å². The molecule has 0 saturated heterocycles. The average molecular weight is 203 g/mol. The topological polar surface area (TPSA) is 31.4 Å². The first-order chi connectivity index (χ1) is 6.60. The Morgan fingerprint density at radius 1 is 1.29 bits per heavy atom. The van der Waals surface area contributed by atoms with E-state index >= 15 is 0 Å². The van der Waals surface area contributed by atoms with Crippen LogP contribution in [0.4, 0.5) is 8.78 Å². The summed E-state index contributed by atoms with van der Waals surface area (Å²) in [6, 6.07) is 1.18. The summed E-state index contributed by atoms with van der Waals surface area (Å²) in [4.78, 5) is 3.92. The zero-order valence-corrected chi connectivity index (χ0v) is 8.17. The Morgan fingerprint density at radius 3 is 2.36 bits per heavy atom. The number of rotatable bonds is 3. The summed E-state index contributed by atoms with van der Waals surface area (Å²) in [6.07, 6.45) is -2.60. The highest BCUT2D eigenvalue weighted by Crippen LogP contribution is 2.33. The van der Waals surface area contributed by atoms with Gasteiger partial charge in [0.05, 0.1) is 25.5 Å². The molecule has 0 unspecified atom stereocenters. The molecule has 0 bridgehead atoms. The van der Waals surface area contributed by atoms with E-state index in [-0.39, 0.29) is 17.2 Å². The van der Waals surface area contributed by atoms with Crippen molar-refractivity contribution in [3.8, 4) is 11.6 Å². The highest BCUT2D eigenvalue weighted by atomic mass is 19.3. The molecule has 0 aliphatic rings. The van der Waals surface area contributed by atoms with E-state index in [0.717, 1.165) is 0 Å². The lowest BCUT2D eigenvalue weighted by Crippen LogP contribution is -2.00. The number of nitrogens with zero attached hydrogens (tertiary/aromatic N) is 1. The first-order valence-corrected chi connectivity index (χ1v) is 3.97. The minimum atomic E-state index is -2.60. The molecule has 1 heterocycles. The fraction of sp³-hybridized carbons (Fsp3) is 0.444. The Morgan fingerprint density at radius 2 is 1.93 bits per heavy atom. The van der Waals surface area contributed by atoms with Crippen molar-refractivity contribution in [3.05, 3.63) is 17.3 Å². The van der Waals surface area contributed by atoms with E-state index in [2.05, 4.69) is 4.98 Å². The molecule has 0 aromatic carbocycles. The first kappa shape index (κ1) is 10.7. The third kappa shape index (κ3) is 1.92. The fourth-order valence-corrected chi connectivity index (χ4v) is 1.19. The van der Waals surface area contributed by atoms with Crippen LogP contribution in [0, 0.1) is 6.92 Å². The second-order valence-electron chi connectivity index (χ2n) is 2.67. The van der Waals surface area contributed by atoms with Gasteiger partial charge in [0.2, 0.25) is 5.88 Å². The van der Waals surface area contributed by atoms with E-state index < -0.39 is 6.43 Å². The number of hydrogen-bond acceptors (Lipinski definition) is 3. The van der Waals surface area contributed by atoms with Crippen LogP contribution in [-0.2, 0) is 0 Å². The SMILES string of the molecule is COc1cc(C(F)F)c(OC)c(C)n1. The Balaban J connectivity index is 3.28. The first-order valence-electron chi connectivity index (χ1n) is 3.97. The van der Waals surface area contributed by atoms with Crippen molar-refractivity contribution in [1.29, 1.82) is 0 Å². The van der Waals surface area contributed by atoms with Gasteiger partial charge < -0.3 is 9.47 Å². The molecule has 1 aromatic rings. The van der Waals surface area contributed by atoms with Crippen LogP contribution < -0.4 is 9.47 Å². The van der Waals surface area contributed by atoms with Crippen molar-refractivity contribution in [1.82, 2.24) is 4.98 Å². The molecule has 78 valence electrons. The predicted molar refractivity (Wildman–Crippen MR) is 47.0 cm³/mol. The van der Waals surface area contributed by atoms with Crippen LogP contribution in [0.5, 0.6) is 11.6 Å². The van der Waals surface area contributed by atoms with Crippen molar-refractivity contribution in [2.45, 2.75) is 13.3 Å². The van der Waals surface area contributed by atoms with E-state index in [0.29, 0.717) is 5.69 Å². The van der Waals surface area contributed by atoms with E-state index in [9.17, 15) is 8.78 Å². The van der Waals surface area contributed by atoms with Crippen LogP contribution in [-0.4, -0.2) is 19.2 Å². The monoisotopic (exact) mass is 203 g/mol. The maximum atomic E-state index is 12.5. The Kier molecular flexibility index (Phi) is 3.22. The minimum Gasteiger partial charge on any atom is -0.494 e. The van der Waals surface area contributed by atoms with E-state index in [1.54, 1.807) is 6.92 Å². The number of aromatic nitrogens is 1. The number of hydrogen-bond donors (Lipinski definition) is 0. The summed E-state index contributed by atoms with van der Waals surface area (Å²) in [5.41, 5.74) is 0.194. The molecule has 3 nitrogen and oxygen atoms in total. The lowest BCUT2D eigenvalue weighted by atomic mass is 10.2. The van der Waals surface area contributed by atoms with Gasteiger partial charge >= 0.3 is 0 Å². The molecule has 0 aliphatic heterocycles. The molecule has 0 atom stereocenters. The van der Waals surface area contributed by atoms with Gasteiger partial charge in [-0.3, -0.25) is 0 Å². The molecule has 0 saturated carbocycles. The van der Waals surface area contributed by atoms with Crippen molar-refractivity contribution >= 4 is 0 Å². The van der Waals surface area contributed by atoms with Gasteiger partial charge in [-0.1, -0.05) is 0 Å². The number of alkyl halides is 2. The zero-order chi connectivity index (χ0) is 10.7. The zero-order valence-electron chi connectivity index (χ0n) is 8.17. The largest absolute Gasteiger partial charge is 0.494 e. The van der Waals surface area contributed by atoms with E-state index in [1.165, 1.54) is 20.3 Å². The van der Waals surface area contributed by atoms with Gasteiger partial charge in [0.15, 0.2) is 0 Å². The van der Waals surface area contributed by atoms with Crippen LogP contribution in [0.15, 0.2) is 6.07 Å². The maximum Gasteiger partial charge on any atom is 0.267 e. The summed E-state index contributed by atoms with van der Waals surface area (Å²) in [5, 5.41) is 0. The van der Waals surface area contributed by atoms with Crippen molar-refractivity contribution in [2.75, 3.05) is 14.2 Å². The molecule has 1 rings (SSSR count). The van der Waals surface area contributed by atoms with Gasteiger partial charge in [-0.2, -0.15) is 0 Å². The Bertz CT molecular complexity index is 329. The second-order valence-corrected chi connectivity index (χ2v) is 2.67. The van der Waals surface area contributed by atoms with Gasteiger partial charge in [-0.25, -0.2) is 13.8 Å². The summed E-state index contributed by atoms with van der Waals surface area (Å²) in [5.74, 6) is 0.277. The normalized spacial score (nSPS) is 10.4. The quantitative estimate of drug-likeness (QED) is 0.755. The van der Waals surface area contributed by atoms with Crippen molar-refractivity contribution in [3.63, 3.8) is 0 Å². The molecule has 5 heteroatoms. The summed E-state index contributed by atoms with van der Waals surface area (Å²) in [6.45, 7) is 1.59. The molecule has 0 amide bonds. The van der Waals surface area contributed by atoms with Crippen molar-refractivity contribution < 1.29 is 18.3 Å². The smallest absolute Gasteiger partial charge is 0.267 e. The molecule has 0 radical (unpaired) electrons. The van der Waals surface area contributed by atoms with Gasteiger partial charge in [0, 0.05) is 6.07 Å². The molecular weight excluding hydrogens is 192 g/mol. The van der Waals surface area contributed by atoms with Gasteiger partial charge in [0.25, 0.3) is 6.43 Å². The molecule has 1 aromatic heterocycles. The third-order valence-corrected chi connectivity index (χ3v) is 1.80. The standard InChI is InChI=1S/C9H11F2NO2/c1-5-8(14-3)6(9(10)11)4-7(12-5)13-2/h4,9H,1-3H3. The number of halogens is 2. The third-order valence-electron chi connectivity index (χ3n) is 1.80. The van der Waals surface area contributed by atoms with Crippen LogP contribution >= 0.6 is 0 Å². The van der Waals surface area contributed by atoms with Crippen LogP contribution in [0.2, 0.25) is 0 Å². The lowest BCUT2D eigenvalue weighted by Gasteiger charge is -2.11. The predicted octanol–water partition coefficient (Wildman–Crippen LogP) is 2.34. The summed E-state index contributed by atoms with van der Waals surface area (Å²) >= 11 is 0. The number of pyridine rings is 1. The van der Waals surface area contributed by atoms with Gasteiger partial charge in [0.1, 0.15) is 5.75 Å². The van der Waals surface area contributed by atoms with E-state index in [4.69, 9.17) is 9.47 Å². The molecule has 0 aliphatic carbocycles. The Labute approximate surface area is 80.7 Å². The second kappa shape index (κ2) is 4.21. The average Bonchev–Trinajstić information content (AvgIpc) is 2.16. The summed E-state index contributed by atoms with van der Waals surface area (Å²) in [7, 11) is 2.71. The van der Waals surface area contributed by atoms with Crippen molar-refractivity contribution in [2.24, 2.45) is 0 Å². The lowest BCUT2D eigenvalue weighted by molar-refractivity contribution is 0.146. The number of aryl methyl sites for hydroxylation is 1.